The van der Waals surface area contributed by atoms with Crippen LogP contribution in [0.3, 0.4) is 0 Å². The van der Waals surface area contributed by atoms with Crippen molar-refractivity contribution in [1.29, 1.82) is 0 Å². The number of hydrogen-bond donors (Lipinski definition) is 1. The molecule has 0 saturated carbocycles. The molecule has 0 aliphatic carbocycles. The van der Waals surface area contributed by atoms with Crippen LogP contribution in [0.5, 0.6) is 0 Å². The summed E-state index contributed by atoms with van der Waals surface area (Å²) >= 11 is 0. The molecule has 1 heterocycles. The maximum atomic E-state index is 3.67. The van der Waals surface area contributed by atoms with Crippen LogP contribution in [0.2, 0.25) is 0 Å². The van der Waals surface area contributed by atoms with Gasteiger partial charge in [-0.05, 0) is 37.7 Å². The van der Waals surface area contributed by atoms with Gasteiger partial charge in [0.1, 0.15) is 0 Å². The molecule has 1 aromatic rings. The summed E-state index contributed by atoms with van der Waals surface area (Å²) in [6, 6.07) is 12.2. The molecule has 0 bridgehead atoms. The van der Waals surface area contributed by atoms with Crippen molar-refractivity contribution < 1.29 is 0 Å². The van der Waals surface area contributed by atoms with Gasteiger partial charge in [-0.1, -0.05) is 44.2 Å². The largest absolute Gasteiger partial charge is 0.311 e. The minimum Gasteiger partial charge on any atom is -0.311 e. The molecule has 0 spiro atoms. The summed E-state index contributed by atoms with van der Waals surface area (Å²) in [6.45, 7) is 10.6. The SMILES string of the molecule is CC(C)CC1CN(C(C)CCc2ccccc2)CCN1. The molecule has 1 aromatic carbocycles. The Hall–Kier alpha value is -0.860. The molecular weight excluding hydrogens is 244 g/mol. The standard InChI is InChI=1S/C18H30N2/c1-15(2)13-18-14-20(12-11-19-18)16(3)9-10-17-7-5-4-6-8-17/h4-8,15-16,18-19H,9-14H2,1-3H3. The molecule has 2 rings (SSSR count). The molecular formula is C18H30N2. The molecule has 0 radical (unpaired) electrons. The number of aryl methyl sites for hydroxylation is 1. The summed E-state index contributed by atoms with van der Waals surface area (Å²) in [5, 5.41) is 3.67. The van der Waals surface area contributed by atoms with Gasteiger partial charge in [-0.3, -0.25) is 4.90 Å². The summed E-state index contributed by atoms with van der Waals surface area (Å²) in [6.07, 6.45) is 3.75. The van der Waals surface area contributed by atoms with Gasteiger partial charge in [-0.2, -0.15) is 0 Å². The predicted octanol–water partition coefficient (Wildman–Crippen LogP) is 3.33. The van der Waals surface area contributed by atoms with Crippen molar-refractivity contribution in [2.24, 2.45) is 5.92 Å². The molecule has 2 atom stereocenters. The third-order valence-corrected chi connectivity index (χ3v) is 4.36. The smallest absolute Gasteiger partial charge is 0.0198 e. The van der Waals surface area contributed by atoms with Crippen LogP contribution in [-0.4, -0.2) is 36.6 Å². The first-order chi connectivity index (χ1) is 9.65. The number of nitrogens with one attached hydrogen (secondary N) is 1. The van der Waals surface area contributed by atoms with E-state index in [1.165, 1.54) is 37.9 Å². The molecule has 2 heteroatoms. The van der Waals surface area contributed by atoms with Crippen molar-refractivity contribution >= 4 is 0 Å². The monoisotopic (exact) mass is 274 g/mol. The Labute approximate surface area is 124 Å². The van der Waals surface area contributed by atoms with Gasteiger partial charge in [-0.15, -0.1) is 0 Å². The quantitative estimate of drug-likeness (QED) is 0.856. The van der Waals surface area contributed by atoms with E-state index in [-0.39, 0.29) is 0 Å². The number of piperazine rings is 1. The highest BCUT2D eigenvalue weighted by Gasteiger charge is 2.23. The number of nitrogens with zero attached hydrogens (tertiary/aromatic N) is 1. The highest BCUT2D eigenvalue weighted by molar-refractivity contribution is 5.14. The first kappa shape index (κ1) is 15.5. The van der Waals surface area contributed by atoms with E-state index in [2.05, 4.69) is 61.3 Å². The summed E-state index contributed by atoms with van der Waals surface area (Å²) in [5.41, 5.74) is 1.47. The minimum atomic E-state index is 0.683. The lowest BCUT2D eigenvalue weighted by Crippen LogP contribution is -2.53. The Kier molecular flexibility index (Phi) is 6.06. The Bertz CT molecular complexity index is 374. The van der Waals surface area contributed by atoms with Gasteiger partial charge in [0.2, 0.25) is 0 Å². The number of benzene rings is 1. The molecule has 1 aliphatic heterocycles. The van der Waals surface area contributed by atoms with E-state index in [1.54, 1.807) is 0 Å². The fourth-order valence-corrected chi connectivity index (χ4v) is 3.18. The molecule has 0 aromatic heterocycles. The normalized spacial score (nSPS) is 22.1. The van der Waals surface area contributed by atoms with Gasteiger partial charge < -0.3 is 5.32 Å². The number of rotatable bonds is 6. The van der Waals surface area contributed by atoms with Crippen molar-refractivity contribution in [3.63, 3.8) is 0 Å². The zero-order valence-corrected chi connectivity index (χ0v) is 13.3. The van der Waals surface area contributed by atoms with Crippen LogP contribution in [0, 0.1) is 5.92 Å². The van der Waals surface area contributed by atoms with Crippen LogP contribution in [0.4, 0.5) is 0 Å². The molecule has 0 amide bonds. The van der Waals surface area contributed by atoms with Gasteiger partial charge in [0, 0.05) is 31.7 Å². The summed E-state index contributed by atoms with van der Waals surface area (Å²) in [4.78, 5) is 2.67. The Morgan fingerprint density at radius 3 is 2.65 bits per heavy atom. The fourth-order valence-electron chi connectivity index (χ4n) is 3.18. The molecule has 112 valence electrons. The van der Waals surface area contributed by atoms with Crippen LogP contribution in [-0.2, 0) is 6.42 Å². The molecule has 1 fully saturated rings. The highest BCUT2D eigenvalue weighted by Crippen LogP contribution is 2.15. The maximum Gasteiger partial charge on any atom is 0.0198 e. The average molecular weight is 274 g/mol. The lowest BCUT2D eigenvalue weighted by atomic mass is 9.99. The van der Waals surface area contributed by atoms with E-state index in [1.807, 2.05) is 0 Å². The lowest BCUT2D eigenvalue weighted by molar-refractivity contribution is 0.138. The van der Waals surface area contributed by atoms with Crippen molar-refractivity contribution in [3.8, 4) is 0 Å². The third kappa shape index (κ3) is 4.92. The Balaban J connectivity index is 1.78. The van der Waals surface area contributed by atoms with E-state index >= 15 is 0 Å². The van der Waals surface area contributed by atoms with Crippen LogP contribution in [0.25, 0.3) is 0 Å². The van der Waals surface area contributed by atoms with Gasteiger partial charge in [0.15, 0.2) is 0 Å². The third-order valence-electron chi connectivity index (χ3n) is 4.36. The summed E-state index contributed by atoms with van der Waals surface area (Å²) < 4.78 is 0. The van der Waals surface area contributed by atoms with Crippen molar-refractivity contribution in [3.05, 3.63) is 35.9 Å². The van der Waals surface area contributed by atoms with Crippen LogP contribution < -0.4 is 5.32 Å². The molecule has 1 aliphatic rings. The summed E-state index contributed by atoms with van der Waals surface area (Å²) in [7, 11) is 0. The van der Waals surface area contributed by atoms with Crippen molar-refractivity contribution in [1.82, 2.24) is 10.2 Å². The molecule has 1 N–H and O–H groups in total. The zero-order chi connectivity index (χ0) is 14.4. The van der Waals surface area contributed by atoms with Gasteiger partial charge in [0.05, 0.1) is 0 Å². The first-order valence-electron chi connectivity index (χ1n) is 8.16. The van der Waals surface area contributed by atoms with Gasteiger partial charge >= 0.3 is 0 Å². The fraction of sp³-hybridized carbons (Fsp3) is 0.667. The zero-order valence-electron chi connectivity index (χ0n) is 13.3. The maximum absolute atomic E-state index is 3.67. The molecule has 2 unspecified atom stereocenters. The second-order valence-electron chi connectivity index (χ2n) is 6.65. The van der Waals surface area contributed by atoms with Crippen LogP contribution in [0.15, 0.2) is 30.3 Å². The van der Waals surface area contributed by atoms with E-state index in [0.29, 0.717) is 12.1 Å². The molecule has 1 saturated heterocycles. The topological polar surface area (TPSA) is 15.3 Å². The second kappa shape index (κ2) is 7.80. The predicted molar refractivity (Wildman–Crippen MR) is 87.0 cm³/mol. The Morgan fingerprint density at radius 2 is 1.95 bits per heavy atom. The van der Waals surface area contributed by atoms with E-state index < -0.39 is 0 Å². The van der Waals surface area contributed by atoms with Gasteiger partial charge in [-0.25, -0.2) is 0 Å². The average Bonchev–Trinajstić information content (AvgIpc) is 2.45. The first-order valence-corrected chi connectivity index (χ1v) is 8.16. The van der Waals surface area contributed by atoms with Crippen LogP contribution in [0.1, 0.15) is 39.2 Å². The summed E-state index contributed by atoms with van der Waals surface area (Å²) in [5.74, 6) is 0.784. The molecule has 20 heavy (non-hydrogen) atoms. The molecule has 2 nitrogen and oxygen atoms in total. The second-order valence-corrected chi connectivity index (χ2v) is 6.65. The van der Waals surface area contributed by atoms with Crippen LogP contribution >= 0.6 is 0 Å². The van der Waals surface area contributed by atoms with Crippen molar-refractivity contribution in [2.75, 3.05) is 19.6 Å². The van der Waals surface area contributed by atoms with E-state index in [0.717, 1.165) is 12.5 Å². The minimum absolute atomic E-state index is 0.683. The number of hydrogen-bond acceptors (Lipinski definition) is 2. The highest BCUT2D eigenvalue weighted by atomic mass is 15.2. The Morgan fingerprint density at radius 1 is 1.20 bits per heavy atom. The van der Waals surface area contributed by atoms with Crippen molar-refractivity contribution in [2.45, 2.75) is 52.1 Å². The lowest BCUT2D eigenvalue weighted by Gasteiger charge is -2.38. The van der Waals surface area contributed by atoms with E-state index in [9.17, 15) is 0 Å². The van der Waals surface area contributed by atoms with Gasteiger partial charge in [0.25, 0.3) is 0 Å². The van der Waals surface area contributed by atoms with E-state index in [4.69, 9.17) is 0 Å².